The third kappa shape index (κ3) is 4.01. The molecule has 1 aromatic heterocycles. The number of hydrogen-bond acceptors (Lipinski definition) is 5. The Balaban J connectivity index is 1.39. The fourth-order valence-corrected chi connectivity index (χ4v) is 2.76. The average Bonchev–Trinajstić information content (AvgIpc) is 3.23. The average molecular weight is 332 g/mol. The molecule has 0 spiro atoms. The van der Waals surface area contributed by atoms with Gasteiger partial charge in [0.15, 0.2) is 11.5 Å². The summed E-state index contributed by atoms with van der Waals surface area (Å²) in [6.07, 6.45) is 0.237. The van der Waals surface area contributed by atoms with Crippen molar-refractivity contribution in [3.8, 4) is 11.5 Å². The number of fused-ring (bicyclic) bond motifs is 1. The molecule has 0 saturated carbocycles. The maximum atomic E-state index is 11.8. The first kappa shape index (κ1) is 15.4. The van der Waals surface area contributed by atoms with Crippen LogP contribution in [0.3, 0.4) is 0 Å². The summed E-state index contributed by atoms with van der Waals surface area (Å²) >= 11 is 1.46. The molecular formula is C16H16N2O4S. The van der Waals surface area contributed by atoms with Gasteiger partial charge in [-0.2, -0.15) is 11.3 Å². The van der Waals surface area contributed by atoms with Crippen molar-refractivity contribution in [2.45, 2.75) is 13.0 Å². The Morgan fingerprint density at radius 3 is 2.83 bits per heavy atom. The molecular weight excluding hydrogens is 316 g/mol. The van der Waals surface area contributed by atoms with E-state index in [1.54, 1.807) is 11.4 Å². The summed E-state index contributed by atoms with van der Waals surface area (Å²) in [5.74, 6) is 1.14. The fraction of sp³-hybridized carbons (Fsp3) is 0.250. The summed E-state index contributed by atoms with van der Waals surface area (Å²) in [5, 5.41) is 9.15. The standard InChI is InChI=1S/C16H16N2O4S/c19-15(3-5-17-16(20)12-4-6-23-9-12)18-8-11-1-2-13-14(7-11)22-10-21-13/h1-2,4,6-7,9H,3,5,8,10H2,(H,17,20)(H,18,19). The van der Waals surface area contributed by atoms with E-state index in [4.69, 9.17) is 9.47 Å². The quantitative estimate of drug-likeness (QED) is 0.847. The van der Waals surface area contributed by atoms with Crippen molar-refractivity contribution in [3.63, 3.8) is 0 Å². The van der Waals surface area contributed by atoms with Gasteiger partial charge in [-0.3, -0.25) is 9.59 Å². The maximum Gasteiger partial charge on any atom is 0.252 e. The van der Waals surface area contributed by atoms with E-state index in [0.717, 1.165) is 11.3 Å². The summed E-state index contributed by atoms with van der Waals surface area (Å²) in [6.45, 7) is 0.949. The lowest BCUT2D eigenvalue weighted by Gasteiger charge is -2.07. The fourth-order valence-electron chi connectivity index (χ4n) is 2.13. The third-order valence-corrected chi connectivity index (χ3v) is 4.03. The number of benzene rings is 1. The lowest BCUT2D eigenvalue weighted by molar-refractivity contribution is -0.121. The summed E-state index contributed by atoms with van der Waals surface area (Å²) in [6, 6.07) is 7.30. The molecule has 3 rings (SSSR count). The third-order valence-electron chi connectivity index (χ3n) is 3.35. The van der Waals surface area contributed by atoms with Crippen LogP contribution in [0.5, 0.6) is 11.5 Å². The first-order chi connectivity index (χ1) is 11.2. The van der Waals surface area contributed by atoms with Gasteiger partial charge in [0.1, 0.15) is 0 Å². The van der Waals surface area contributed by atoms with Gasteiger partial charge in [0.2, 0.25) is 12.7 Å². The highest BCUT2D eigenvalue weighted by molar-refractivity contribution is 7.08. The first-order valence-electron chi connectivity index (χ1n) is 7.18. The molecule has 23 heavy (non-hydrogen) atoms. The topological polar surface area (TPSA) is 76.7 Å². The zero-order valence-corrected chi connectivity index (χ0v) is 13.2. The predicted octanol–water partition coefficient (Wildman–Crippen LogP) is 1.91. The predicted molar refractivity (Wildman–Crippen MR) is 85.7 cm³/mol. The molecule has 1 aromatic carbocycles. The highest BCUT2D eigenvalue weighted by atomic mass is 32.1. The van der Waals surface area contributed by atoms with Crippen LogP contribution in [-0.2, 0) is 11.3 Å². The lowest BCUT2D eigenvalue weighted by Crippen LogP contribution is -2.30. The molecule has 2 heterocycles. The highest BCUT2D eigenvalue weighted by Gasteiger charge is 2.13. The Morgan fingerprint density at radius 2 is 2.00 bits per heavy atom. The minimum absolute atomic E-state index is 0.117. The van der Waals surface area contributed by atoms with Gasteiger partial charge in [0, 0.05) is 30.5 Å². The monoisotopic (exact) mass is 332 g/mol. The van der Waals surface area contributed by atoms with Crippen LogP contribution in [0, 0.1) is 0 Å². The van der Waals surface area contributed by atoms with Crippen molar-refractivity contribution in [1.29, 1.82) is 0 Å². The number of carbonyl (C=O) groups excluding carboxylic acids is 2. The highest BCUT2D eigenvalue weighted by Crippen LogP contribution is 2.32. The molecule has 120 valence electrons. The van der Waals surface area contributed by atoms with Crippen LogP contribution in [0.1, 0.15) is 22.3 Å². The number of rotatable bonds is 6. The molecule has 0 aliphatic carbocycles. The van der Waals surface area contributed by atoms with E-state index in [1.165, 1.54) is 11.3 Å². The number of ether oxygens (including phenoxy) is 2. The molecule has 0 atom stereocenters. The lowest BCUT2D eigenvalue weighted by atomic mass is 10.2. The van der Waals surface area contributed by atoms with Gasteiger partial charge >= 0.3 is 0 Å². The van der Waals surface area contributed by atoms with Gasteiger partial charge in [-0.05, 0) is 29.1 Å². The number of carbonyl (C=O) groups is 2. The molecule has 2 N–H and O–H groups in total. The molecule has 0 unspecified atom stereocenters. The van der Waals surface area contributed by atoms with Gasteiger partial charge in [-0.1, -0.05) is 6.07 Å². The molecule has 2 aromatic rings. The van der Waals surface area contributed by atoms with Crippen LogP contribution >= 0.6 is 11.3 Å². The summed E-state index contributed by atoms with van der Waals surface area (Å²) in [4.78, 5) is 23.5. The molecule has 0 bridgehead atoms. The van der Waals surface area contributed by atoms with Gasteiger partial charge in [0.25, 0.3) is 5.91 Å². The Bertz CT molecular complexity index is 700. The first-order valence-corrected chi connectivity index (χ1v) is 8.12. The van der Waals surface area contributed by atoms with Crippen LogP contribution in [0.15, 0.2) is 35.0 Å². The molecule has 0 radical (unpaired) electrons. The molecule has 1 aliphatic rings. The summed E-state index contributed by atoms with van der Waals surface area (Å²) in [7, 11) is 0. The number of hydrogen-bond donors (Lipinski definition) is 2. The van der Waals surface area contributed by atoms with Crippen molar-refractivity contribution < 1.29 is 19.1 Å². The molecule has 2 amide bonds. The molecule has 7 heteroatoms. The second-order valence-electron chi connectivity index (χ2n) is 4.98. The molecule has 1 aliphatic heterocycles. The second kappa shape index (κ2) is 7.15. The van der Waals surface area contributed by atoms with Crippen molar-refractivity contribution in [2.24, 2.45) is 0 Å². The van der Waals surface area contributed by atoms with Crippen LogP contribution in [0.25, 0.3) is 0 Å². The zero-order valence-electron chi connectivity index (χ0n) is 12.3. The normalized spacial score (nSPS) is 12.0. The van der Waals surface area contributed by atoms with Gasteiger partial charge < -0.3 is 20.1 Å². The van der Waals surface area contributed by atoms with E-state index in [-0.39, 0.29) is 25.0 Å². The van der Waals surface area contributed by atoms with Crippen molar-refractivity contribution >= 4 is 23.2 Å². The minimum Gasteiger partial charge on any atom is -0.454 e. The minimum atomic E-state index is -0.158. The zero-order chi connectivity index (χ0) is 16.1. The van der Waals surface area contributed by atoms with Crippen LogP contribution in [0.4, 0.5) is 0 Å². The number of nitrogens with one attached hydrogen (secondary N) is 2. The molecule has 6 nitrogen and oxygen atoms in total. The summed E-state index contributed by atoms with van der Waals surface area (Å²) < 4.78 is 10.5. The number of thiophene rings is 1. The van der Waals surface area contributed by atoms with Crippen molar-refractivity contribution in [3.05, 3.63) is 46.2 Å². The smallest absolute Gasteiger partial charge is 0.252 e. The molecule has 0 fully saturated rings. The van der Waals surface area contributed by atoms with E-state index in [9.17, 15) is 9.59 Å². The van der Waals surface area contributed by atoms with E-state index in [1.807, 2.05) is 23.6 Å². The largest absolute Gasteiger partial charge is 0.454 e. The van der Waals surface area contributed by atoms with E-state index >= 15 is 0 Å². The van der Waals surface area contributed by atoms with Crippen LogP contribution in [0.2, 0.25) is 0 Å². The van der Waals surface area contributed by atoms with Gasteiger partial charge in [-0.15, -0.1) is 0 Å². The van der Waals surface area contributed by atoms with Gasteiger partial charge in [0.05, 0.1) is 0 Å². The van der Waals surface area contributed by atoms with Crippen molar-refractivity contribution in [1.82, 2.24) is 10.6 Å². The molecule has 0 saturated heterocycles. The SMILES string of the molecule is O=C(CCNC(=O)c1ccsc1)NCc1ccc2c(c1)OCO2. The van der Waals surface area contributed by atoms with E-state index in [2.05, 4.69) is 10.6 Å². The van der Waals surface area contributed by atoms with Crippen LogP contribution in [-0.4, -0.2) is 25.2 Å². The van der Waals surface area contributed by atoms with Crippen LogP contribution < -0.4 is 20.1 Å². The maximum absolute atomic E-state index is 11.8. The Morgan fingerprint density at radius 1 is 1.13 bits per heavy atom. The summed E-state index contributed by atoms with van der Waals surface area (Å²) in [5.41, 5.74) is 1.56. The second-order valence-corrected chi connectivity index (χ2v) is 5.76. The van der Waals surface area contributed by atoms with E-state index < -0.39 is 0 Å². The number of amides is 2. The van der Waals surface area contributed by atoms with Gasteiger partial charge in [-0.25, -0.2) is 0 Å². The Hall–Kier alpha value is -2.54. The Kier molecular flexibility index (Phi) is 4.77. The Labute approximate surface area is 137 Å². The van der Waals surface area contributed by atoms with Crippen molar-refractivity contribution in [2.75, 3.05) is 13.3 Å². The van der Waals surface area contributed by atoms with E-state index in [0.29, 0.717) is 24.4 Å².